The van der Waals surface area contributed by atoms with Crippen molar-refractivity contribution < 1.29 is 9.59 Å². The van der Waals surface area contributed by atoms with Gasteiger partial charge < -0.3 is 15.2 Å². The van der Waals surface area contributed by atoms with Crippen LogP contribution in [0.2, 0.25) is 0 Å². The fourth-order valence-corrected chi connectivity index (χ4v) is 3.61. The summed E-state index contributed by atoms with van der Waals surface area (Å²) in [7, 11) is 3.41. The Morgan fingerprint density at radius 2 is 1.55 bits per heavy atom. The number of aromatic nitrogens is 2. The summed E-state index contributed by atoms with van der Waals surface area (Å²) in [6, 6.07) is 18.4. The summed E-state index contributed by atoms with van der Waals surface area (Å²) < 4.78 is 0. The quantitative estimate of drug-likeness (QED) is 0.505. The molecule has 2 amide bonds. The van der Waals surface area contributed by atoms with Gasteiger partial charge in [-0.1, -0.05) is 18.2 Å². The summed E-state index contributed by atoms with van der Waals surface area (Å²) in [6.45, 7) is 4.12. The van der Waals surface area contributed by atoms with Crippen LogP contribution in [-0.2, 0) is 0 Å². The van der Waals surface area contributed by atoms with E-state index in [4.69, 9.17) is 4.98 Å². The Kier molecular flexibility index (Phi) is 5.29. The molecule has 0 radical (unpaired) electrons. The molecule has 3 aromatic carbocycles. The number of fused-ring (bicyclic) bond motifs is 1. The zero-order valence-electron chi connectivity index (χ0n) is 18.0. The van der Waals surface area contributed by atoms with Crippen LogP contribution in [0, 0.1) is 13.8 Å². The van der Waals surface area contributed by atoms with E-state index < -0.39 is 0 Å². The molecule has 0 saturated heterocycles. The molecule has 31 heavy (non-hydrogen) atoms. The zero-order chi connectivity index (χ0) is 22.1. The average molecular weight is 412 g/mol. The van der Waals surface area contributed by atoms with Crippen LogP contribution in [0.25, 0.3) is 22.4 Å². The number of nitrogens with one attached hydrogen (secondary N) is 2. The lowest BCUT2D eigenvalue weighted by molar-refractivity contribution is 0.0827. The van der Waals surface area contributed by atoms with Gasteiger partial charge >= 0.3 is 0 Å². The normalized spacial score (nSPS) is 10.8. The Hall–Kier alpha value is -3.93. The van der Waals surface area contributed by atoms with E-state index >= 15 is 0 Å². The lowest BCUT2D eigenvalue weighted by Gasteiger charge is -2.11. The first-order chi connectivity index (χ1) is 14.8. The molecule has 6 nitrogen and oxygen atoms in total. The first-order valence-corrected chi connectivity index (χ1v) is 10.0. The number of carbonyl (C=O) groups excluding carboxylic acids is 2. The SMILES string of the molecule is Cc1cccc(C)c1-c1nc2ccc(C(=O)Nc3ccc(C(=O)N(C)C)cc3)cc2[nH]1. The molecular weight excluding hydrogens is 388 g/mol. The predicted octanol–water partition coefficient (Wildman–Crippen LogP) is 4.80. The number of nitrogens with zero attached hydrogens (tertiary/aromatic N) is 2. The van der Waals surface area contributed by atoms with Gasteiger partial charge in [0.2, 0.25) is 0 Å². The Morgan fingerprint density at radius 1 is 0.903 bits per heavy atom. The molecule has 4 rings (SSSR count). The van der Waals surface area contributed by atoms with E-state index in [1.54, 1.807) is 50.5 Å². The van der Waals surface area contributed by atoms with E-state index in [-0.39, 0.29) is 11.8 Å². The molecule has 2 N–H and O–H groups in total. The fraction of sp³-hybridized carbons (Fsp3) is 0.160. The highest BCUT2D eigenvalue weighted by atomic mass is 16.2. The highest BCUT2D eigenvalue weighted by molar-refractivity contribution is 6.06. The minimum absolute atomic E-state index is 0.0812. The second-order valence-electron chi connectivity index (χ2n) is 7.82. The number of hydrogen-bond acceptors (Lipinski definition) is 3. The number of amides is 2. The van der Waals surface area contributed by atoms with Crippen LogP contribution in [0.5, 0.6) is 0 Å². The number of hydrogen-bond donors (Lipinski definition) is 2. The van der Waals surface area contributed by atoms with Crippen molar-refractivity contribution in [1.29, 1.82) is 0 Å². The molecule has 0 unspecified atom stereocenters. The van der Waals surface area contributed by atoms with Gasteiger partial charge in [-0.15, -0.1) is 0 Å². The second-order valence-corrected chi connectivity index (χ2v) is 7.82. The molecule has 4 aromatic rings. The maximum atomic E-state index is 12.7. The van der Waals surface area contributed by atoms with Gasteiger partial charge in [-0.05, 0) is 67.4 Å². The first-order valence-electron chi connectivity index (χ1n) is 10.0. The van der Waals surface area contributed by atoms with Crippen molar-refractivity contribution >= 4 is 28.5 Å². The molecule has 0 fully saturated rings. The van der Waals surface area contributed by atoms with Crippen molar-refractivity contribution in [3.8, 4) is 11.4 Å². The Balaban J connectivity index is 1.57. The molecule has 0 bridgehead atoms. The van der Waals surface area contributed by atoms with Gasteiger partial charge in [0.25, 0.3) is 11.8 Å². The summed E-state index contributed by atoms with van der Waals surface area (Å²) in [6.07, 6.45) is 0. The summed E-state index contributed by atoms with van der Waals surface area (Å²) in [5, 5.41) is 2.88. The predicted molar refractivity (Wildman–Crippen MR) is 123 cm³/mol. The lowest BCUT2D eigenvalue weighted by Crippen LogP contribution is -2.21. The van der Waals surface area contributed by atoms with Crippen molar-refractivity contribution in [3.05, 3.63) is 82.9 Å². The van der Waals surface area contributed by atoms with E-state index in [0.29, 0.717) is 16.8 Å². The molecule has 0 aliphatic heterocycles. The monoisotopic (exact) mass is 412 g/mol. The van der Waals surface area contributed by atoms with E-state index in [1.807, 2.05) is 12.1 Å². The van der Waals surface area contributed by atoms with Crippen LogP contribution < -0.4 is 5.32 Å². The highest BCUT2D eigenvalue weighted by Gasteiger charge is 2.13. The minimum Gasteiger partial charge on any atom is -0.345 e. The number of carbonyl (C=O) groups is 2. The second kappa shape index (κ2) is 8.07. The number of aryl methyl sites for hydroxylation is 2. The van der Waals surface area contributed by atoms with Crippen LogP contribution in [-0.4, -0.2) is 40.8 Å². The van der Waals surface area contributed by atoms with Crippen LogP contribution in [0.4, 0.5) is 5.69 Å². The van der Waals surface area contributed by atoms with Gasteiger partial charge in [-0.2, -0.15) is 0 Å². The molecule has 0 saturated carbocycles. The standard InChI is InChI=1S/C25H24N4O2/c1-15-6-5-7-16(2)22(15)23-27-20-13-10-18(14-21(20)28-23)24(30)26-19-11-8-17(9-12-19)25(31)29(3)4/h5-14H,1-4H3,(H,26,30)(H,27,28). The van der Waals surface area contributed by atoms with E-state index in [9.17, 15) is 9.59 Å². The lowest BCUT2D eigenvalue weighted by atomic mass is 10.0. The number of imidazole rings is 1. The molecule has 1 heterocycles. The smallest absolute Gasteiger partial charge is 0.255 e. The summed E-state index contributed by atoms with van der Waals surface area (Å²) >= 11 is 0. The zero-order valence-corrected chi connectivity index (χ0v) is 18.0. The van der Waals surface area contributed by atoms with Crippen molar-refractivity contribution in [2.45, 2.75) is 13.8 Å². The molecule has 156 valence electrons. The number of H-pyrrole nitrogens is 1. The fourth-order valence-electron chi connectivity index (χ4n) is 3.61. The third-order valence-electron chi connectivity index (χ3n) is 5.26. The van der Waals surface area contributed by atoms with E-state index in [1.165, 1.54) is 4.90 Å². The van der Waals surface area contributed by atoms with Crippen molar-refractivity contribution in [2.24, 2.45) is 0 Å². The molecular formula is C25H24N4O2. The maximum Gasteiger partial charge on any atom is 0.255 e. The Labute approximate surface area is 180 Å². The maximum absolute atomic E-state index is 12.7. The van der Waals surface area contributed by atoms with Gasteiger partial charge in [-0.3, -0.25) is 9.59 Å². The molecule has 0 aliphatic carbocycles. The number of rotatable bonds is 4. The largest absolute Gasteiger partial charge is 0.345 e. The molecule has 0 atom stereocenters. The first kappa shape index (κ1) is 20.3. The van der Waals surface area contributed by atoms with Crippen LogP contribution in [0.1, 0.15) is 31.8 Å². The number of anilines is 1. The molecule has 0 spiro atoms. The third kappa shape index (κ3) is 4.05. The molecule has 0 aliphatic rings. The highest BCUT2D eigenvalue weighted by Crippen LogP contribution is 2.27. The average Bonchev–Trinajstić information content (AvgIpc) is 3.16. The van der Waals surface area contributed by atoms with Gasteiger partial charge in [0.05, 0.1) is 11.0 Å². The summed E-state index contributed by atoms with van der Waals surface area (Å²) in [4.78, 5) is 34.3. The van der Waals surface area contributed by atoms with Gasteiger partial charge in [0.1, 0.15) is 5.82 Å². The van der Waals surface area contributed by atoms with Gasteiger partial charge in [-0.25, -0.2) is 4.98 Å². The number of aromatic amines is 1. The Bertz CT molecular complexity index is 1270. The van der Waals surface area contributed by atoms with Crippen molar-refractivity contribution in [2.75, 3.05) is 19.4 Å². The summed E-state index contributed by atoms with van der Waals surface area (Å²) in [5.74, 6) is 0.489. The van der Waals surface area contributed by atoms with Gasteiger partial charge in [0.15, 0.2) is 0 Å². The summed E-state index contributed by atoms with van der Waals surface area (Å²) in [5.41, 5.74) is 6.70. The van der Waals surface area contributed by atoms with E-state index in [0.717, 1.165) is 33.5 Å². The van der Waals surface area contributed by atoms with Crippen molar-refractivity contribution in [3.63, 3.8) is 0 Å². The van der Waals surface area contributed by atoms with E-state index in [2.05, 4.69) is 36.3 Å². The topological polar surface area (TPSA) is 78.1 Å². The van der Waals surface area contributed by atoms with Crippen LogP contribution >= 0.6 is 0 Å². The molecule has 1 aromatic heterocycles. The van der Waals surface area contributed by atoms with Crippen LogP contribution in [0.3, 0.4) is 0 Å². The third-order valence-corrected chi connectivity index (χ3v) is 5.26. The Morgan fingerprint density at radius 3 is 2.19 bits per heavy atom. The minimum atomic E-state index is -0.225. The van der Waals surface area contributed by atoms with Gasteiger partial charge in [0, 0.05) is 36.5 Å². The van der Waals surface area contributed by atoms with Crippen molar-refractivity contribution in [1.82, 2.24) is 14.9 Å². The van der Waals surface area contributed by atoms with Crippen LogP contribution in [0.15, 0.2) is 60.7 Å². The molecule has 6 heteroatoms. The number of benzene rings is 3.